The van der Waals surface area contributed by atoms with Gasteiger partial charge in [0.05, 0.1) is 12.2 Å². The maximum Gasteiger partial charge on any atom is 0.254 e. The Morgan fingerprint density at radius 3 is 3.08 bits per heavy atom. The van der Waals surface area contributed by atoms with Crippen LogP contribution in [0, 0.1) is 0 Å². The summed E-state index contributed by atoms with van der Waals surface area (Å²) in [6, 6.07) is 7.56. The fourth-order valence-corrected chi connectivity index (χ4v) is 3.45. The van der Waals surface area contributed by atoms with E-state index in [4.69, 9.17) is 9.47 Å². The van der Waals surface area contributed by atoms with E-state index in [0.717, 1.165) is 34.1 Å². The summed E-state index contributed by atoms with van der Waals surface area (Å²) >= 11 is 1.46. The molecule has 0 fully saturated rings. The lowest BCUT2D eigenvalue weighted by atomic mass is 10.1. The maximum absolute atomic E-state index is 12.5. The van der Waals surface area contributed by atoms with Gasteiger partial charge in [-0.25, -0.2) is 4.98 Å². The van der Waals surface area contributed by atoms with E-state index in [1.54, 1.807) is 18.3 Å². The van der Waals surface area contributed by atoms with Gasteiger partial charge in [0.2, 0.25) is 0 Å². The second kappa shape index (κ2) is 7.78. The smallest absolute Gasteiger partial charge is 0.254 e. The highest BCUT2D eigenvalue weighted by Gasteiger charge is 2.22. The summed E-state index contributed by atoms with van der Waals surface area (Å²) in [5.74, 6) is 1.54. The first-order valence-corrected chi connectivity index (χ1v) is 9.57. The van der Waals surface area contributed by atoms with Gasteiger partial charge in [0, 0.05) is 30.3 Å². The van der Waals surface area contributed by atoms with Crippen LogP contribution in [0.15, 0.2) is 35.5 Å². The van der Waals surface area contributed by atoms with Crippen LogP contribution in [0.4, 0.5) is 0 Å². The lowest BCUT2D eigenvalue weighted by Gasteiger charge is -2.14. The van der Waals surface area contributed by atoms with E-state index in [1.807, 2.05) is 32.2 Å². The van der Waals surface area contributed by atoms with Gasteiger partial charge in [-0.3, -0.25) is 4.79 Å². The predicted octanol–water partition coefficient (Wildman–Crippen LogP) is 3.46. The normalized spacial score (nSPS) is 15.4. The van der Waals surface area contributed by atoms with Crippen molar-refractivity contribution in [1.82, 2.24) is 10.3 Å². The van der Waals surface area contributed by atoms with Crippen molar-refractivity contribution in [2.45, 2.75) is 37.9 Å². The molecular formula is C19H22N2O3S. The Morgan fingerprint density at radius 2 is 2.32 bits per heavy atom. The molecule has 1 amide bonds. The number of aromatic nitrogens is 1. The van der Waals surface area contributed by atoms with Crippen molar-refractivity contribution in [1.29, 1.82) is 0 Å². The van der Waals surface area contributed by atoms with Crippen LogP contribution in [0.1, 0.15) is 35.3 Å². The molecule has 25 heavy (non-hydrogen) atoms. The largest absolute Gasteiger partial charge is 0.494 e. The van der Waals surface area contributed by atoms with Crippen LogP contribution in [-0.2, 0) is 13.0 Å². The van der Waals surface area contributed by atoms with Gasteiger partial charge in [-0.05, 0) is 44.4 Å². The molecule has 1 N–H and O–H groups in total. The number of thioether (sulfide) groups is 1. The van der Waals surface area contributed by atoms with Gasteiger partial charge in [-0.15, -0.1) is 11.8 Å². The molecule has 0 saturated carbocycles. The van der Waals surface area contributed by atoms with Crippen LogP contribution in [0.25, 0.3) is 0 Å². The third kappa shape index (κ3) is 3.90. The SMILES string of the molecule is CCOc1cc2c(cc1CNC(=O)c1cccnc1SC)OC(C)C2. The summed E-state index contributed by atoms with van der Waals surface area (Å²) in [5, 5.41) is 3.68. The van der Waals surface area contributed by atoms with Gasteiger partial charge < -0.3 is 14.8 Å². The lowest BCUT2D eigenvalue weighted by molar-refractivity contribution is 0.0947. The van der Waals surface area contributed by atoms with Crippen LogP contribution in [0.5, 0.6) is 11.5 Å². The van der Waals surface area contributed by atoms with Crippen LogP contribution in [0.3, 0.4) is 0 Å². The maximum atomic E-state index is 12.5. The van der Waals surface area contributed by atoms with Crippen LogP contribution >= 0.6 is 11.8 Å². The Morgan fingerprint density at radius 1 is 1.48 bits per heavy atom. The number of fused-ring (bicyclic) bond motifs is 1. The zero-order chi connectivity index (χ0) is 17.8. The average Bonchev–Trinajstić information content (AvgIpc) is 2.98. The summed E-state index contributed by atoms with van der Waals surface area (Å²) in [4.78, 5) is 16.7. The van der Waals surface area contributed by atoms with Crippen LogP contribution in [-0.4, -0.2) is 29.9 Å². The molecule has 2 aromatic rings. The van der Waals surface area contributed by atoms with Gasteiger partial charge >= 0.3 is 0 Å². The Kier molecular flexibility index (Phi) is 5.48. The molecule has 6 heteroatoms. The number of hydrogen-bond acceptors (Lipinski definition) is 5. The Balaban J connectivity index is 1.78. The highest BCUT2D eigenvalue weighted by Crippen LogP contribution is 2.35. The number of pyridine rings is 1. The Labute approximate surface area is 152 Å². The Bertz CT molecular complexity index is 779. The molecule has 0 spiro atoms. The van der Waals surface area contributed by atoms with Crippen molar-refractivity contribution >= 4 is 17.7 Å². The number of nitrogens with one attached hydrogen (secondary N) is 1. The summed E-state index contributed by atoms with van der Waals surface area (Å²) in [6.07, 6.45) is 4.66. The zero-order valence-corrected chi connectivity index (χ0v) is 15.5. The molecule has 1 aromatic carbocycles. The molecule has 1 aliphatic heterocycles. The fourth-order valence-electron chi connectivity index (χ4n) is 2.91. The van der Waals surface area contributed by atoms with Gasteiger partial charge in [0.15, 0.2) is 0 Å². The fraction of sp³-hybridized carbons (Fsp3) is 0.368. The number of benzene rings is 1. The molecule has 0 saturated heterocycles. The first-order chi connectivity index (χ1) is 12.1. The average molecular weight is 358 g/mol. The quantitative estimate of drug-likeness (QED) is 0.802. The van der Waals surface area contributed by atoms with Gasteiger partial charge in [0.25, 0.3) is 5.91 Å². The molecule has 5 nitrogen and oxygen atoms in total. The molecular weight excluding hydrogens is 336 g/mol. The molecule has 1 aliphatic rings. The number of hydrogen-bond donors (Lipinski definition) is 1. The first kappa shape index (κ1) is 17.6. The number of nitrogens with zero attached hydrogens (tertiary/aromatic N) is 1. The van der Waals surface area contributed by atoms with Gasteiger partial charge in [0.1, 0.15) is 22.6 Å². The summed E-state index contributed by atoms with van der Waals surface area (Å²) in [5.41, 5.74) is 2.65. The molecule has 2 heterocycles. The first-order valence-electron chi connectivity index (χ1n) is 8.34. The number of carbonyl (C=O) groups excluding carboxylic acids is 1. The van der Waals surface area contributed by atoms with E-state index >= 15 is 0 Å². The minimum absolute atomic E-state index is 0.144. The minimum atomic E-state index is -0.144. The van der Waals surface area contributed by atoms with Crippen LogP contribution in [0.2, 0.25) is 0 Å². The predicted molar refractivity (Wildman–Crippen MR) is 98.6 cm³/mol. The number of rotatable bonds is 6. The molecule has 0 bridgehead atoms. The third-order valence-corrected chi connectivity index (χ3v) is 4.74. The summed E-state index contributed by atoms with van der Waals surface area (Å²) in [7, 11) is 0. The molecule has 1 unspecified atom stereocenters. The van der Waals surface area contributed by atoms with Crippen LogP contribution < -0.4 is 14.8 Å². The number of amides is 1. The van der Waals surface area contributed by atoms with E-state index in [0.29, 0.717) is 18.7 Å². The van der Waals surface area contributed by atoms with Crippen molar-refractivity contribution in [3.8, 4) is 11.5 Å². The van der Waals surface area contributed by atoms with Crippen molar-refractivity contribution in [3.63, 3.8) is 0 Å². The highest BCUT2D eigenvalue weighted by molar-refractivity contribution is 7.98. The van der Waals surface area contributed by atoms with E-state index in [-0.39, 0.29) is 12.0 Å². The molecule has 0 aliphatic carbocycles. The van der Waals surface area contributed by atoms with E-state index < -0.39 is 0 Å². The molecule has 0 radical (unpaired) electrons. The second-order valence-corrected chi connectivity index (χ2v) is 6.67. The highest BCUT2D eigenvalue weighted by atomic mass is 32.2. The monoisotopic (exact) mass is 358 g/mol. The second-order valence-electron chi connectivity index (χ2n) is 5.88. The van der Waals surface area contributed by atoms with E-state index in [1.165, 1.54) is 11.8 Å². The zero-order valence-electron chi connectivity index (χ0n) is 14.7. The van der Waals surface area contributed by atoms with Crippen molar-refractivity contribution in [2.75, 3.05) is 12.9 Å². The molecule has 3 rings (SSSR count). The molecule has 132 valence electrons. The Hall–Kier alpha value is -2.21. The van der Waals surface area contributed by atoms with Gasteiger partial charge in [-0.2, -0.15) is 0 Å². The van der Waals surface area contributed by atoms with E-state index in [9.17, 15) is 4.79 Å². The number of ether oxygens (including phenoxy) is 2. The van der Waals surface area contributed by atoms with Crippen molar-refractivity contribution in [3.05, 3.63) is 47.2 Å². The molecule has 1 aromatic heterocycles. The molecule has 1 atom stereocenters. The number of carbonyl (C=O) groups is 1. The standard InChI is InChI=1S/C19H22N2O3S/c1-4-23-16-9-13-8-12(2)24-17(13)10-14(16)11-21-18(22)15-6-5-7-20-19(15)25-3/h5-7,9-10,12H,4,8,11H2,1-3H3,(H,21,22). The minimum Gasteiger partial charge on any atom is -0.494 e. The van der Waals surface area contributed by atoms with Gasteiger partial charge in [-0.1, -0.05) is 0 Å². The lowest BCUT2D eigenvalue weighted by Crippen LogP contribution is -2.24. The van der Waals surface area contributed by atoms with Crippen molar-refractivity contribution < 1.29 is 14.3 Å². The van der Waals surface area contributed by atoms with Crippen molar-refractivity contribution in [2.24, 2.45) is 0 Å². The third-order valence-electron chi connectivity index (χ3n) is 4.03. The summed E-state index contributed by atoms with van der Waals surface area (Å²) in [6.45, 7) is 4.96. The van der Waals surface area contributed by atoms with E-state index in [2.05, 4.69) is 10.3 Å². The summed E-state index contributed by atoms with van der Waals surface area (Å²) < 4.78 is 11.6. The topological polar surface area (TPSA) is 60.5 Å².